The van der Waals surface area contributed by atoms with Gasteiger partial charge in [0.25, 0.3) is 0 Å². The molecule has 0 bridgehead atoms. The topological polar surface area (TPSA) is 58.3 Å². The second-order valence-electron chi connectivity index (χ2n) is 2.22. The lowest BCUT2D eigenvalue weighted by molar-refractivity contribution is 0.151. The molecule has 0 spiro atoms. The molecule has 4 N–H and O–H groups in total. The van der Waals surface area contributed by atoms with Gasteiger partial charge < -0.3 is 16.2 Å². The van der Waals surface area contributed by atoms with Gasteiger partial charge in [-0.25, -0.2) is 0 Å². The minimum absolute atomic E-state index is 0.208. The van der Waals surface area contributed by atoms with Gasteiger partial charge >= 0.3 is 0 Å². The summed E-state index contributed by atoms with van der Waals surface area (Å²) in [5, 5.41) is 12.1. The van der Waals surface area contributed by atoms with Crippen LogP contribution in [0.15, 0.2) is 0 Å². The summed E-state index contributed by atoms with van der Waals surface area (Å²) in [7, 11) is 0. The molecule has 1 heterocycles. The average Bonchev–Trinajstić information content (AvgIpc) is 2.14. The molecule has 2 atom stereocenters. The Morgan fingerprint density at radius 2 is 2.38 bits per heavy atom. The van der Waals surface area contributed by atoms with E-state index in [-0.39, 0.29) is 12.0 Å². The lowest BCUT2D eigenvalue weighted by Crippen LogP contribution is -2.25. The summed E-state index contributed by atoms with van der Waals surface area (Å²) in [6, 6.07) is 0. The predicted octanol–water partition coefficient (Wildman–Crippen LogP) is -1.47. The van der Waals surface area contributed by atoms with Crippen LogP contribution in [0.4, 0.5) is 0 Å². The molecule has 48 valence electrons. The first-order valence-electron chi connectivity index (χ1n) is 2.93. The van der Waals surface area contributed by atoms with Crippen LogP contribution in [0.3, 0.4) is 0 Å². The highest BCUT2D eigenvalue weighted by atomic mass is 16.3. The maximum Gasteiger partial charge on any atom is 0.0716 e. The van der Waals surface area contributed by atoms with Crippen LogP contribution in [0.2, 0.25) is 0 Å². The number of aliphatic hydroxyl groups is 1. The fourth-order valence-electron chi connectivity index (χ4n) is 0.960. The predicted molar refractivity (Wildman–Crippen MR) is 31.4 cm³/mol. The standard InChI is InChI=1S/C5H12N2O/c6-1-4-2-7-3-5(4)8/h4-5,7-8H,1-3,6H2/t4-,5-/m1/s1. The summed E-state index contributed by atoms with van der Waals surface area (Å²) in [4.78, 5) is 0. The normalized spacial score (nSPS) is 38.2. The molecule has 1 aliphatic heterocycles. The summed E-state index contributed by atoms with van der Waals surface area (Å²) in [5.74, 6) is 0.287. The van der Waals surface area contributed by atoms with Crippen molar-refractivity contribution < 1.29 is 5.11 Å². The average molecular weight is 116 g/mol. The zero-order valence-electron chi connectivity index (χ0n) is 4.80. The van der Waals surface area contributed by atoms with Gasteiger partial charge in [0.1, 0.15) is 0 Å². The summed E-state index contributed by atoms with van der Waals surface area (Å²) < 4.78 is 0. The van der Waals surface area contributed by atoms with Gasteiger partial charge in [0, 0.05) is 19.0 Å². The first-order chi connectivity index (χ1) is 3.84. The number of nitrogens with two attached hydrogens (primary N) is 1. The van der Waals surface area contributed by atoms with Crippen molar-refractivity contribution in [3.05, 3.63) is 0 Å². The molecule has 1 saturated heterocycles. The van der Waals surface area contributed by atoms with E-state index in [4.69, 9.17) is 10.8 Å². The Hall–Kier alpha value is -0.120. The molecule has 3 heteroatoms. The molecule has 1 aliphatic rings. The zero-order valence-corrected chi connectivity index (χ0v) is 4.80. The Bertz CT molecular complexity index is 76.8. The van der Waals surface area contributed by atoms with Gasteiger partial charge in [-0.2, -0.15) is 0 Å². The van der Waals surface area contributed by atoms with Crippen molar-refractivity contribution in [2.75, 3.05) is 19.6 Å². The van der Waals surface area contributed by atoms with E-state index in [0.717, 1.165) is 6.54 Å². The quantitative estimate of drug-likeness (QED) is 0.392. The highest BCUT2D eigenvalue weighted by molar-refractivity contribution is 4.80. The number of hydrogen-bond donors (Lipinski definition) is 3. The van der Waals surface area contributed by atoms with Crippen LogP contribution in [0.25, 0.3) is 0 Å². The van der Waals surface area contributed by atoms with Gasteiger partial charge in [-0.05, 0) is 6.54 Å². The van der Waals surface area contributed by atoms with Gasteiger partial charge in [-0.3, -0.25) is 0 Å². The fraction of sp³-hybridized carbons (Fsp3) is 1.00. The third-order valence-electron chi connectivity index (χ3n) is 1.61. The second-order valence-corrected chi connectivity index (χ2v) is 2.22. The zero-order chi connectivity index (χ0) is 5.98. The molecular formula is C5H12N2O. The minimum Gasteiger partial charge on any atom is -0.391 e. The Labute approximate surface area is 48.9 Å². The fourth-order valence-corrected chi connectivity index (χ4v) is 0.960. The van der Waals surface area contributed by atoms with Crippen molar-refractivity contribution in [2.24, 2.45) is 11.7 Å². The van der Waals surface area contributed by atoms with Crippen molar-refractivity contribution in [2.45, 2.75) is 6.10 Å². The van der Waals surface area contributed by atoms with Crippen LogP contribution in [0.1, 0.15) is 0 Å². The van der Waals surface area contributed by atoms with Gasteiger partial charge in [-0.15, -0.1) is 0 Å². The van der Waals surface area contributed by atoms with Gasteiger partial charge in [-0.1, -0.05) is 0 Å². The minimum atomic E-state index is -0.208. The van der Waals surface area contributed by atoms with E-state index in [1.54, 1.807) is 0 Å². The first-order valence-corrected chi connectivity index (χ1v) is 2.93. The van der Waals surface area contributed by atoms with E-state index in [0.29, 0.717) is 13.1 Å². The van der Waals surface area contributed by atoms with Crippen LogP contribution < -0.4 is 11.1 Å². The molecule has 0 aromatic rings. The molecule has 0 radical (unpaired) electrons. The number of rotatable bonds is 1. The van der Waals surface area contributed by atoms with Crippen molar-refractivity contribution >= 4 is 0 Å². The molecule has 8 heavy (non-hydrogen) atoms. The number of aliphatic hydroxyl groups excluding tert-OH is 1. The molecular weight excluding hydrogens is 104 g/mol. The maximum atomic E-state index is 9.05. The van der Waals surface area contributed by atoms with Crippen molar-refractivity contribution in [3.8, 4) is 0 Å². The van der Waals surface area contributed by atoms with Crippen molar-refractivity contribution in [3.63, 3.8) is 0 Å². The van der Waals surface area contributed by atoms with E-state index in [2.05, 4.69) is 5.32 Å². The van der Waals surface area contributed by atoms with E-state index < -0.39 is 0 Å². The molecule has 0 saturated carbocycles. The molecule has 0 amide bonds. The Balaban J connectivity index is 2.30. The van der Waals surface area contributed by atoms with E-state index in [9.17, 15) is 0 Å². The first kappa shape index (κ1) is 6.01. The van der Waals surface area contributed by atoms with E-state index in [1.807, 2.05) is 0 Å². The third kappa shape index (κ3) is 0.992. The molecule has 0 unspecified atom stereocenters. The highest BCUT2D eigenvalue weighted by Gasteiger charge is 2.22. The van der Waals surface area contributed by atoms with Gasteiger partial charge in [0.2, 0.25) is 0 Å². The monoisotopic (exact) mass is 116 g/mol. The summed E-state index contributed by atoms with van der Waals surface area (Å²) >= 11 is 0. The van der Waals surface area contributed by atoms with Crippen LogP contribution in [-0.2, 0) is 0 Å². The number of hydrogen-bond acceptors (Lipinski definition) is 3. The molecule has 0 aromatic heterocycles. The summed E-state index contributed by atoms with van der Waals surface area (Å²) in [6.45, 7) is 2.17. The number of β-amino-alcohol motifs (C(OH)–C–C–N with tert-alkyl or cyclic N) is 1. The van der Waals surface area contributed by atoms with E-state index >= 15 is 0 Å². The van der Waals surface area contributed by atoms with Crippen molar-refractivity contribution in [1.29, 1.82) is 0 Å². The summed E-state index contributed by atoms with van der Waals surface area (Å²) in [5.41, 5.74) is 5.32. The van der Waals surface area contributed by atoms with Crippen LogP contribution in [-0.4, -0.2) is 30.8 Å². The Kier molecular flexibility index (Phi) is 1.83. The van der Waals surface area contributed by atoms with Crippen LogP contribution in [0, 0.1) is 5.92 Å². The largest absolute Gasteiger partial charge is 0.391 e. The maximum absolute atomic E-state index is 9.05. The molecule has 1 rings (SSSR count). The lowest BCUT2D eigenvalue weighted by Gasteiger charge is -2.07. The van der Waals surface area contributed by atoms with Crippen LogP contribution in [0.5, 0.6) is 0 Å². The Morgan fingerprint density at radius 3 is 2.62 bits per heavy atom. The smallest absolute Gasteiger partial charge is 0.0716 e. The molecule has 0 aromatic carbocycles. The molecule has 0 aliphatic carbocycles. The van der Waals surface area contributed by atoms with E-state index in [1.165, 1.54) is 0 Å². The second kappa shape index (κ2) is 2.44. The lowest BCUT2D eigenvalue weighted by atomic mass is 10.1. The van der Waals surface area contributed by atoms with Crippen LogP contribution >= 0.6 is 0 Å². The SMILES string of the molecule is NC[C@@H]1CNC[C@H]1O. The highest BCUT2D eigenvalue weighted by Crippen LogP contribution is 2.04. The van der Waals surface area contributed by atoms with Crippen molar-refractivity contribution in [1.82, 2.24) is 5.32 Å². The van der Waals surface area contributed by atoms with Gasteiger partial charge in [0.05, 0.1) is 6.10 Å². The van der Waals surface area contributed by atoms with Gasteiger partial charge in [0.15, 0.2) is 0 Å². The Morgan fingerprint density at radius 1 is 1.62 bits per heavy atom. The number of nitrogens with one attached hydrogen (secondary N) is 1. The molecule has 3 nitrogen and oxygen atoms in total. The third-order valence-corrected chi connectivity index (χ3v) is 1.61. The summed E-state index contributed by atoms with van der Waals surface area (Å²) in [6.07, 6.45) is -0.208. The molecule has 1 fully saturated rings.